The van der Waals surface area contributed by atoms with E-state index in [1.807, 2.05) is 0 Å². The molecule has 1 saturated heterocycles. The van der Waals surface area contributed by atoms with Gasteiger partial charge in [-0.05, 0) is 12.1 Å². The van der Waals surface area contributed by atoms with Crippen molar-refractivity contribution >= 4 is 27.9 Å². The van der Waals surface area contributed by atoms with E-state index in [-0.39, 0.29) is 27.4 Å². The molecule has 144 valence electrons. The SMILES string of the molecule is Nc1sc(-c2c(F)cccc2F)nc1C(=O)Nc1cnccc1OC1CNC1. The number of benzene rings is 1. The summed E-state index contributed by atoms with van der Waals surface area (Å²) in [4.78, 5) is 20.7. The molecular formula is C18H15F2N5O2S. The number of thiazole rings is 1. The zero-order chi connectivity index (χ0) is 19.7. The average Bonchev–Trinajstić information content (AvgIpc) is 3.00. The van der Waals surface area contributed by atoms with Crippen LogP contribution in [0.25, 0.3) is 10.6 Å². The van der Waals surface area contributed by atoms with Gasteiger partial charge in [-0.1, -0.05) is 17.4 Å². The van der Waals surface area contributed by atoms with Crippen LogP contribution in [0.4, 0.5) is 19.5 Å². The Labute approximate surface area is 162 Å². The fourth-order valence-electron chi connectivity index (χ4n) is 2.59. The van der Waals surface area contributed by atoms with Crippen molar-refractivity contribution in [3.05, 3.63) is 54.0 Å². The summed E-state index contributed by atoms with van der Waals surface area (Å²) in [6.07, 6.45) is 3.00. The Morgan fingerprint density at radius 1 is 1.29 bits per heavy atom. The summed E-state index contributed by atoms with van der Waals surface area (Å²) in [5, 5.41) is 5.77. The van der Waals surface area contributed by atoms with Crippen LogP contribution in [0.15, 0.2) is 36.7 Å². The molecule has 10 heteroatoms. The summed E-state index contributed by atoms with van der Waals surface area (Å²) in [6.45, 7) is 1.43. The number of ether oxygens (including phenoxy) is 1. The molecule has 0 unspecified atom stereocenters. The van der Waals surface area contributed by atoms with Gasteiger partial charge in [0.1, 0.15) is 39.2 Å². The number of amides is 1. The van der Waals surface area contributed by atoms with Crippen LogP contribution in [-0.4, -0.2) is 35.1 Å². The highest BCUT2D eigenvalue weighted by Crippen LogP contribution is 2.34. The quantitative estimate of drug-likeness (QED) is 0.605. The van der Waals surface area contributed by atoms with Gasteiger partial charge in [0.05, 0.1) is 11.8 Å². The normalized spacial score (nSPS) is 13.8. The maximum atomic E-state index is 14.0. The second-order valence-electron chi connectivity index (χ2n) is 6.05. The molecule has 1 aliphatic rings. The van der Waals surface area contributed by atoms with Crippen LogP contribution in [0, 0.1) is 11.6 Å². The Kier molecular flexibility index (Phi) is 4.88. The van der Waals surface area contributed by atoms with Gasteiger partial charge in [0.15, 0.2) is 5.69 Å². The number of hydrogen-bond donors (Lipinski definition) is 3. The minimum absolute atomic E-state index is 0.0121. The van der Waals surface area contributed by atoms with E-state index >= 15 is 0 Å². The van der Waals surface area contributed by atoms with E-state index in [1.54, 1.807) is 12.3 Å². The Balaban J connectivity index is 1.59. The molecule has 0 atom stereocenters. The van der Waals surface area contributed by atoms with Gasteiger partial charge in [0.2, 0.25) is 0 Å². The Hall–Kier alpha value is -3.11. The molecule has 7 nitrogen and oxygen atoms in total. The van der Waals surface area contributed by atoms with Crippen LogP contribution in [0.2, 0.25) is 0 Å². The molecule has 3 heterocycles. The van der Waals surface area contributed by atoms with E-state index < -0.39 is 17.5 Å². The van der Waals surface area contributed by atoms with Gasteiger partial charge in [0, 0.05) is 25.4 Å². The molecule has 0 saturated carbocycles. The first-order valence-corrected chi connectivity index (χ1v) is 9.18. The predicted molar refractivity (Wildman–Crippen MR) is 101 cm³/mol. The smallest absolute Gasteiger partial charge is 0.277 e. The summed E-state index contributed by atoms with van der Waals surface area (Å²) in [6, 6.07) is 5.12. The van der Waals surface area contributed by atoms with Crippen molar-refractivity contribution in [2.75, 3.05) is 24.1 Å². The monoisotopic (exact) mass is 403 g/mol. The minimum atomic E-state index is -0.780. The lowest BCUT2D eigenvalue weighted by Crippen LogP contribution is -2.50. The van der Waals surface area contributed by atoms with Crippen molar-refractivity contribution in [2.45, 2.75) is 6.10 Å². The molecule has 1 fully saturated rings. The highest BCUT2D eigenvalue weighted by atomic mass is 32.1. The van der Waals surface area contributed by atoms with E-state index in [2.05, 4.69) is 20.6 Å². The first-order valence-electron chi connectivity index (χ1n) is 8.36. The molecular weight excluding hydrogens is 388 g/mol. The van der Waals surface area contributed by atoms with Crippen LogP contribution in [0.3, 0.4) is 0 Å². The second-order valence-corrected chi connectivity index (χ2v) is 7.08. The zero-order valence-electron chi connectivity index (χ0n) is 14.4. The standard InChI is InChI=1S/C18H15F2N5O2S/c19-10-2-1-3-11(20)14(10)18-25-15(16(21)28-18)17(26)24-12-8-22-5-4-13(12)27-9-6-23-7-9/h1-5,8-9,23H,6-7,21H2,(H,24,26). The van der Waals surface area contributed by atoms with Gasteiger partial charge >= 0.3 is 0 Å². The molecule has 1 aliphatic heterocycles. The molecule has 1 aromatic carbocycles. The lowest BCUT2D eigenvalue weighted by molar-refractivity contribution is 0.102. The molecule has 4 N–H and O–H groups in total. The number of nitrogens with two attached hydrogens (primary N) is 1. The number of carbonyl (C=O) groups is 1. The predicted octanol–water partition coefficient (Wildman–Crippen LogP) is 2.67. The Morgan fingerprint density at radius 2 is 2.04 bits per heavy atom. The molecule has 4 rings (SSSR count). The lowest BCUT2D eigenvalue weighted by atomic mass is 10.2. The minimum Gasteiger partial charge on any atom is -0.485 e. The van der Waals surface area contributed by atoms with Gasteiger partial charge in [0.25, 0.3) is 5.91 Å². The maximum Gasteiger partial charge on any atom is 0.277 e. The largest absolute Gasteiger partial charge is 0.485 e. The van der Waals surface area contributed by atoms with E-state index in [0.717, 1.165) is 23.5 Å². The van der Waals surface area contributed by atoms with E-state index in [4.69, 9.17) is 10.5 Å². The van der Waals surface area contributed by atoms with Crippen molar-refractivity contribution in [3.63, 3.8) is 0 Å². The summed E-state index contributed by atoms with van der Waals surface area (Å²) < 4.78 is 33.8. The number of carbonyl (C=O) groups excluding carboxylic acids is 1. The Bertz CT molecular complexity index is 1020. The molecule has 2 aromatic heterocycles. The molecule has 28 heavy (non-hydrogen) atoms. The fraction of sp³-hybridized carbons (Fsp3) is 0.167. The number of rotatable bonds is 5. The van der Waals surface area contributed by atoms with Gasteiger partial charge in [-0.3, -0.25) is 9.78 Å². The number of anilines is 2. The van der Waals surface area contributed by atoms with Gasteiger partial charge in [-0.2, -0.15) is 0 Å². The third kappa shape index (κ3) is 3.51. The van der Waals surface area contributed by atoms with Crippen LogP contribution in [0.1, 0.15) is 10.5 Å². The first-order chi connectivity index (χ1) is 13.5. The van der Waals surface area contributed by atoms with E-state index in [9.17, 15) is 13.6 Å². The highest BCUT2D eigenvalue weighted by molar-refractivity contribution is 7.19. The van der Waals surface area contributed by atoms with Crippen molar-refractivity contribution in [1.82, 2.24) is 15.3 Å². The molecule has 0 aliphatic carbocycles. The van der Waals surface area contributed by atoms with Crippen LogP contribution in [-0.2, 0) is 0 Å². The summed E-state index contributed by atoms with van der Waals surface area (Å²) in [5.41, 5.74) is 5.79. The van der Waals surface area contributed by atoms with Crippen molar-refractivity contribution in [3.8, 4) is 16.3 Å². The number of nitrogen functional groups attached to an aromatic ring is 1. The fourth-order valence-corrected chi connectivity index (χ4v) is 3.47. The van der Waals surface area contributed by atoms with Crippen LogP contribution < -0.4 is 21.1 Å². The zero-order valence-corrected chi connectivity index (χ0v) is 15.2. The van der Waals surface area contributed by atoms with E-state index in [1.165, 1.54) is 12.3 Å². The lowest BCUT2D eigenvalue weighted by Gasteiger charge is -2.28. The maximum absolute atomic E-state index is 14.0. The number of hydrogen-bond acceptors (Lipinski definition) is 7. The first kappa shape index (κ1) is 18.3. The van der Waals surface area contributed by atoms with Crippen molar-refractivity contribution < 1.29 is 18.3 Å². The second kappa shape index (κ2) is 7.49. The highest BCUT2D eigenvalue weighted by Gasteiger charge is 2.23. The number of pyridine rings is 1. The molecule has 1 amide bonds. The van der Waals surface area contributed by atoms with Crippen molar-refractivity contribution in [1.29, 1.82) is 0 Å². The van der Waals surface area contributed by atoms with Crippen LogP contribution in [0.5, 0.6) is 5.75 Å². The van der Waals surface area contributed by atoms with Gasteiger partial charge in [-0.15, -0.1) is 0 Å². The number of nitrogens with zero attached hydrogens (tertiary/aromatic N) is 2. The number of halogens is 2. The van der Waals surface area contributed by atoms with E-state index in [0.29, 0.717) is 24.5 Å². The topological polar surface area (TPSA) is 102 Å². The Morgan fingerprint density at radius 3 is 2.71 bits per heavy atom. The average molecular weight is 403 g/mol. The summed E-state index contributed by atoms with van der Waals surface area (Å²) in [7, 11) is 0. The van der Waals surface area contributed by atoms with Crippen LogP contribution >= 0.6 is 11.3 Å². The van der Waals surface area contributed by atoms with Crippen molar-refractivity contribution in [2.24, 2.45) is 0 Å². The number of nitrogens with one attached hydrogen (secondary N) is 2. The molecule has 0 spiro atoms. The third-order valence-electron chi connectivity index (χ3n) is 4.11. The third-order valence-corrected chi connectivity index (χ3v) is 5.01. The summed E-state index contributed by atoms with van der Waals surface area (Å²) >= 11 is 0.833. The number of aromatic nitrogens is 2. The summed E-state index contributed by atoms with van der Waals surface area (Å²) in [5.74, 6) is -1.72. The van der Waals surface area contributed by atoms with Gasteiger partial charge < -0.3 is 21.1 Å². The van der Waals surface area contributed by atoms with Gasteiger partial charge in [-0.25, -0.2) is 13.8 Å². The molecule has 3 aromatic rings. The molecule has 0 radical (unpaired) electrons. The molecule has 0 bridgehead atoms.